The van der Waals surface area contributed by atoms with Crippen LogP contribution in [0.4, 0.5) is 11.4 Å². The summed E-state index contributed by atoms with van der Waals surface area (Å²) in [4.78, 5) is 34.3. The number of H-pyrrole nitrogens is 2. The summed E-state index contributed by atoms with van der Waals surface area (Å²) in [6.07, 6.45) is 7.55. The van der Waals surface area contributed by atoms with Crippen LogP contribution in [-0.2, 0) is 4.79 Å². The summed E-state index contributed by atoms with van der Waals surface area (Å²) < 4.78 is 0. The first-order chi connectivity index (χ1) is 18.6. The van der Waals surface area contributed by atoms with Crippen molar-refractivity contribution >= 4 is 39.3 Å². The topological polar surface area (TPSA) is 119 Å². The predicted octanol–water partition coefficient (Wildman–Crippen LogP) is 4.44. The molecule has 0 unspecified atom stereocenters. The van der Waals surface area contributed by atoms with E-state index in [-0.39, 0.29) is 5.91 Å². The molecule has 10 nitrogen and oxygen atoms in total. The number of para-hydroxylation sites is 1. The second kappa shape index (κ2) is 10.2. The third-order valence-corrected chi connectivity index (χ3v) is 7.09. The fourth-order valence-corrected chi connectivity index (χ4v) is 4.90. The van der Waals surface area contributed by atoms with Gasteiger partial charge in [0.2, 0.25) is 5.91 Å². The van der Waals surface area contributed by atoms with Crippen LogP contribution in [0.2, 0.25) is 0 Å². The number of likely N-dealkylation sites (N-methyl/N-ethyl adjacent to an activating group) is 1. The molecule has 4 aromatic heterocycles. The van der Waals surface area contributed by atoms with Gasteiger partial charge in [0.1, 0.15) is 11.2 Å². The molecule has 0 saturated carbocycles. The fraction of sp³-hybridized carbons (Fsp3) is 0.321. The van der Waals surface area contributed by atoms with E-state index in [0.717, 1.165) is 83.8 Å². The zero-order valence-corrected chi connectivity index (χ0v) is 21.7. The van der Waals surface area contributed by atoms with Crippen LogP contribution in [0.1, 0.15) is 26.2 Å². The molecule has 38 heavy (non-hydrogen) atoms. The highest BCUT2D eigenvalue weighted by molar-refractivity contribution is 5.96. The number of aromatic nitrogens is 6. The van der Waals surface area contributed by atoms with E-state index in [0.29, 0.717) is 17.8 Å². The number of aromatic amines is 2. The van der Waals surface area contributed by atoms with Crippen molar-refractivity contribution in [3.8, 4) is 22.6 Å². The Kier molecular flexibility index (Phi) is 6.47. The summed E-state index contributed by atoms with van der Waals surface area (Å²) in [7, 11) is 2.16. The average molecular weight is 510 g/mol. The van der Waals surface area contributed by atoms with Crippen LogP contribution in [0, 0.1) is 0 Å². The third-order valence-electron chi connectivity index (χ3n) is 7.09. The Morgan fingerprint density at radius 1 is 1.08 bits per heavy atom. The molecule has 0 aliphatic carbocycles. The van der Waals surface area contributed by atoms with Crippen LogP contribution in [0.3, 0.4) is 0 Å². The van der Waals surface area contributed by atoms with E-state index in [1.165, 1.54) is 0 Å². The lowest BCUT2D eigenvalue weighted by Gasteiger charge is -2.34. The van der Waals surface area contributed by atoms with Crippen molar-refractivity contribution in [3.63, 3.8) is 0 Å². The van der Waals surface area contributed by atoms with Gasteiger partial charge in [-0.25, -0.2) is 9.97 Å². The molecule has 3 N–H and O–H groups in total. The van der Waals surface area contributed by atoms with Gasteiger partial charge < -0.3 is 20.1 Å². The van der Waals surface area contributed by atoms with Gasteiger partial charge in [0.25, 0.3) is 0 Å². The number of unbranched alkanes of at least 4 members (excludes halogenated alkanes) is 1. The van der Waals surface area contributed by atoms with Crippen molar-refractivity contribution in [1.29, 1.82) is 0 Å². The molecular weight excluding hydrogens is 478 g/mol. The molecule has 6 rings (SSSR count). The number of carbonyl (C=O) groups is 1. The van der Waals surface area contributed by atoms with Gasteiger partial charge in [0.05, 0.1) is 28.5 Å². The lowest BCUT2D eigenvalue weighted by Crippen LogP contribution is -2.44. The summed E-state index contributed by atoms with van der Waals surface area (Å²) in [6.45, 7) is 6.09. The molecule has 1 aliphatic heterocycles. The van der Waals surface area contributed by atoms with Gasteiger partial charge in [-0.15, -0.1) is 0 Å². The van der Waals surface area contributed by atoms with E-state index in [1.807, 2.05) is 12.1 Å². The third kappa shape index (κ3) is 4.70. The number of pyridine rings is 2. The smallest absolute Gasteiger partial charge is 0.224 e. The fourth-order valence-electron chi connectivity index (χ4n) is 4.90. The van der Waals surface area contributed by atoms with Gasteiger partial charge >= 0.3 is 0 Å². The van der Waals surface area contributed by atoms with Crippen LogP contribution >= 0.6 is 0 Å². The molecule has 1 aromatic carbocycles. The highest BCUT2D eigenvalue weighted by Gasteiger charge is 2.20. The first kappa shape index (κ1) is 24.1. The molecule has 0 spiro atoms. The first-order valence-electron chi connectivity index (χ1n) is 13.1. The van der Waals surface area contributed by atoms with E-state index >= 15 is 0 Å². The Balaban J connectivity index is 1.33. The molecule has 1 saturated heterocycles. The number of carbonyl (C=O) groups excluding carboxylic acids is 1. The summed E-state index contributed by atoms with van der Waals surface area (Å²) in [5.41, 5.74) is 6.89. The Morgan fingerprint density at radius 2 is 1.92 bits per heavy atom. The van der Waals surface area contributed by atoms with Crippen LogP contribution in [0.25, 0.3) is 44.7 Å². The maximum Gasteiger partial charge on any atom is 0.224 e. The number of hydrogen-bond donors (Lipinski definition) is 3. The minimum Gasteiger partial charge on any atom is -0.367 e. The molecule has 5 heterocycles. The number of hydrogen-bond acceptors (Lipinski definition) is 7. The van der Waals surface area contributed by atoms with Crippen LogP contribution in [0.5, 0.6) is 0 Å². The SMILES string of the molecule is CCCCC(=O)Nc1cncc(-c2cnc3n[nH]c(-c4nc5c(N6CCN(C)CC6)cccc5[nH]4)c3c2)c1. The second-order valence-electron chi connectivity index (χ2n) is 9.86. The van der Waals surface area contributed by atoms with Gasteiger partial charge in [0, 0.05) is 56.1 Å². The molecule has 0 atom stereocenters. The molecule has 194 valence electrons. The number of anilines is 2. The number of fused-ring (bicyclic) bond motifs is 2. The number of benzene rings is 1. The van der Waals surface area contributed by atoms with Crippen molar-refractivity contribution in [2.75, 3.05) is 43.4 Å². The van der Waals surface area contributed by atoms with Crippen molar-refractivity contribution in [3.05, 3.63) is 48.9 Å². The number of imidazole rings is 1. The van der Waals surface area contributed by atoms with Gasteiger partial charge in [-0.2, -0.15) is 5.10 Å². The largest absolute Gasteiger partial charge is 0.367 e. The number of nitrogens with zero attached hydrogens (tertiary/aromatic N) is 6. The lowest BCUT2D eigenvalue weighted by molar-refractivity contribution is -0.116. The van der Waals surface area contributed by atoms with Crippen molar-refractivity contribution in [2.24, 2.45) is 0 Å². The van der Waals surface area contributed by atoms with Gasteiger partial charge in [-0.1, -0.05) is 19.4 Å². The molecule has 1 amide bonds. The number of nitrogens with one attached hydrogen (secondary N) is 3. The predicted molar refractivity (Wildman–Crippen MR) is 150 cm³/mol. The summed E-state index contributed by atoms with van der Waals surface area (Å²) in [6, 6.07) is 10.2. The van der Waals surface area contributed by atoms with Gasteiger partial charge in [0.15, 0.2) is 11.5 Å². The normalized spacial score (nSPS) is 14.4. The van der Waals surface area contributed by atoms with E-state index < -0.39 is 0 Å². The lowest BCUT2D eigenvalue weighted by atomic mass is 10.1. The average Bonchev–Trinajstić information content (AvgIpc) is 3.56. The van der Waals surface area contributed by atoms with Gasteiger partial charge in [-0.3, -0.25) is 14.9 Å². The van der Waals surface area contributed by atoms with Crippen molar-refractivity contribution in [2.45, 2.75) is 26.2 Å². The Bertz CT molecular complexity index is 1600. The van der Waals surface area contributed by atoms with Crippen LogP contribution in [-0.4, -0.2) is 74.2 Å². The summed E-state index contributed by atoms with van der Waals surface area (Å²) in [5.74, 6) is 0.718. The Morgan fingerprint density at radius 3 is 2.76 bits per heavy atom. The Hall–Kier alpha value is -4.31. The monoisotopic (exact) mass is 509 g/mol. The minimum absolute atomic E-state index is 0.00248. The maximum absolute atomic E-state index is 12.2. The molecule has 5 aromatic rings. The quantitative estimate of drug-likeness (QED) is 0.297. The highest BCUT2D eigenvalue weighted by atomic mass is 16.1. The van der Waals surface area contributed by atoms with Crippen LogP contribution in [0.15, 0.2) is 48.9 Å². The molecule has 1 aliphatic rings. The number of amides is 1. The summed E-state index contributed by atoms with van der Waals surface area (Å²) >= 11 is 0. The van der Waals surface area contributed by atoms with E-state index in [4.69, 9.17) is 4.98 Å². The Labute approximate surface area is 220 Å². The molecule has 0 bridgehead atoms. The van der Waals surface area contributed by atoms with Crippen molar-refractivity contribution < 1.29 is 4.79 Å². The van der Waals surface area contributed by atoms with E-state index in [9.17, 15) is 4.79 Å². The number of piperazine rings is 1. The zero-order chi connectivity index (χ0) is 26.1. The van der Waals surface area contributed by atoms with E-state index in [2.05, 4.69) is 72.4 Å². The molecular formula is C28H31N9O. The highest BCUT2D eigenvalue weighted by Crippen LogP contribution is 2.32. The van der Waals surface area contributed by atoms with E-state index in [1.54, 1.807) is 18.6 Å². The molecule has 10 heteroatoms. The standard InChI is InChI=1S/C28H31N9O/c1-3-4-8-24(38)31-20-13-18(15-29-17-20)19-14-21-25(34-35-27(21)30-16-19)28-32-22-6-5-7-23(26(22)33-28)37-11-9-36(2)10-12-37/h5-7,13-17H,3-4,8-12H2,1-2H3,(H,31,38)(H,32,33)(H,30,34,35). The molecule has 0 radical (unpaired) electrons. The molecule has 1 fully saturated rings. The maximum atomic E-state index is 12.2. The first-order valence-corrected chi connectivity index (χ1v) is 13.1. The number of rotatable bonds is 7. The minimum atomic E-state index is -0.00248. The van der Waals surface area contributed by atoms with Crippen molar-refractivity contribution in [1.82, 2.24) is 35.0 Å². The second-order valence-corrected chi connectivity index (χ2v) is 9.86. The van der Waals surface area contributed by atoms with Gasteiger partial charge in [-0.05, 0) is 37.7 Å². The van der Waals surface area contributed by atoms with Crippen LogP contribution < -0.4 is 10.2 Å². The summed E-state index contributed by atoms with van der Waals surface area (Å²) in [5, 5.41) is 11.4. The zero-order valence-electron chi connectivity index (χ0n) is 21.7.